The zero-order valence-electron chi connectivity index (χ0n) is 8.40. The van der Waals surface area contributed by atoms with Crippen molar-refractivity contribution >= 4 is 5.91 Å². The number of aliphatic hydroxyl groups is 2. The first-order chi connectivity index (χ1) is 7.21. The summed E-state index contributed by atoms with van der Waals surface area (Å²) in [5, 5.41) is 26.2. The normalized spacial score (nSPS) is 10.7. The molecule has 7 heteroatoms. The van der Waals surface area contributed by atoms with Gasteiger partial charge in [-0.1, -0.05) is 6.92 Å². The Bertz CT molecular complexity index is 321. The molecule has 0 aromatic carbocycles. The van der Waals surface area contributed by atoms with Gasteiger partial charge in [0.1, 0.15) is 5.82 Å². The minimum atomic E-state index is -0.680. The molecular weight excluding hydrogens is 200 g/mol. The van der Waals surface area contributed by atoms with Crippen LogP contribution < -0.4 is 5.32 Å². The topological polar surface area (TPSA) is 111 Å². The lowest BCUT2D eigenvalue weighted by Crippen LogP contribution is -2.40. The van der Waals surface area contributed by atoms with Gasteiger partial charge in [-0.15, -0.1) is 5.10 Å². The van der Waals surface area contributed by atoms with Crippen molar-refractivity contribution in [2.24, 2.45) is 0 Å². The number of carbonyl (C=O) groups is 1. The van der Waals surface area contributed by atoms with Crippen LogP contribution in [0.15, 0.2) is 0 Å². The van der Waals surface area contributed by atoms with E-state index >= 15 is 0 Å². The maximum atomic E-state index is 11.4. The fourth-order valence-electron chi connectivity index (χ4n) is 0.954. The zero-order valence-corrected chi connectivity index (χ0v) is 8.40. The number of nitrogens with one attached hydrogen (secondary N) is 2. The lowest BCUT2D eigenvalue weighted by Gasteiger charge is -2.10. The predicted octanol–water partition coefficient (Wildman–Crippen LogP) is -1.55. The number of rotatable bonds is 5. The Kier molecular flexibility index (Phi) is 4.19. The van der Waals surface area contributed by atoms with Crippen LogP contribution in [0.25, 0.3) is 0 Å². The Morgan fingerprint density at radius 1 is 1.53 bits per heavy atom. The van der Waals surface area contributed by atoms with Gasteiger partial charge in [0, 0.05) is 6.42 Å². The highest BCUT2D eigenvalue weighted by Gasteiger charge is 2.15. The molecule has 84 valence electrons. The summed E-state index contributed by atoms with van der Waals surface area (Å²) in [7, 11) is 0. The first-order valence-corrected chi connectivity index (χ1v) is 4.65. The Hall–Kier alpha value is -1.47. The van der Waals surface area contributed by atoms with Gasteiger partial charge in [0.2, 0.25) is 5.82 Å². The van der Waals surface area contributed by atoms with Crippen molar-refractivity contribution in [1.82, 2.24) is 20.5 Å². The van der Waals surface area contributed by atoms with Crippen LogP contribution in [0.3, 0.4) is 0 Å². The molecule has 0 aliphatic carbocycles. The molecule has 0 atom stereocenters. The average Bonchev–Trinajstić information content (AvgIpc) is 2.74. The molecule has 1 rings (SSSR count). The number of hydrogen-bond acceptors (Lipinski definition) is 5. The molecule has 0 radical (unpaired) electrons. The summed E-state index contributed by atoms with van der Waals surface area (Å²) in [6.07, 6.45) is 0.656. The molecule has 0 aliphatic heterocycles. The Labute approximate surface area is 86.5 Å². The van der Waals surface area contributed by atoms with E-state index in [-0.39, 0.29) is 19.0 Å². The van der Waals surface area contributed by atoms with Crippen LogP contribution >= 0.6 is 0 Å². The monoisotopic (exact) mass is 214 g/mol. The zero-order chi connectivity index (χ0) is 11.3. The first-order valence-electron chi connectivity index (χ1n) is 4.65. The van der Waals surface area contributed by atoms with Gasteiger partial charge < -0.3 is 15.5 Å². The van der Waals surface area contributed by atoms with Gasteiger partial charge in [0.25, 0.3) is 5.91 Å². The van der Waals surface area contributed by atoms with E-state index in [0.29, 0.717) is 12.2 Å². The molecule has 0 bridgehead atoms. The minimum Gasteiger partial charge on any atom is -0.394 e. The SMILES string of the molecule is CCc1nc(C(=O)NC(CO)CO)n[nH]1. The Morgan fingerprint density at radius 3 is 2.67 bits per heavy atom. The summed E-state index contributed by atoms with van der Waals surface area (Å²) in [5.74, 6) is 0.113. The van der Waals surface area contributed by atoms with Crippen LogP contribution in [0.4, 0.5) is 0 Å². The lowest BCUT2D eigenvalue weighted by atomic mass is 10.3. The van der Waals surface area contributed by atoms with Crippen molar-refractivity contribution in [1.29, 1.82) is 0 Å². The van der Waals surface area contributed by atoms with Gasteiger partial charge in [-0.2, -0.15) is 0 Å². The van der Waals surface area contributed by atoms with Gasteiger partial charge >= 0.3 is 0 Å². The molecule has 0 saturated heterocycles. The summed E-state index contributed by atoms with van der Waals surface area (Å²) in [4.78, 5) is 15.3. The second kappa shape index (κ2) is 5.42. The summed E-state index contributed by atoms with van der Waals surface area (Å²) < 4.78 is 0. The van der Waals surface area contributed by atoms with E-state index in [1.807, 2.05) is 6.92 Å². The highest BCUT2D eigenvalue weighted by Crippen LogP contribution is 1.94. The number of H-pyrrole nitrogens is 1. The molecule has 0 aliphatic rings. The highest BCUT2D eigenvalue weighted by atomic mass is 16.3. The van der Waals surface area contributed by atoms with Crippen molar-refractivity contribution in [2.45, 2.75) is 19.4 Å². The smallest absolute Gasteiger partial charge is 0.291 e. The summed E-state index contributed by atoms with van der Waals surface area (Å²) in [5.41, 5.74) is 0. The molecule has 1 aromatic rings. The van der Waals surface area contributed by atoms with E-state index in [0.717, 1.165) is 0 Å². The molecule has 0 spiro atoms. The van der Waals surface area contributed by atoms with E-state index in [2.05, 4.69) is 20.5 Å². The van der Waals surface area contributed by atoms with E-state index in [9.17, 15) is 4.79 Å². The average molecular weight is 214 g/mol. The van der Waals surface area contributed by atoms with Crippen molar-refractivity contribution in [3.05, 3.63) is 11.6 Å². The molecule has 7 nitrogen and oxygen atoms in total. The molecule has 0 fully saturated rings. The van der Waals surface area contributed by atoms with Gasteiger partial charge in [0.05, 0.1) is 19.3 Å². The van der Waals surface area contributed by atoms with Crippen LogP contribution in [0.1, 0.15) is 23.4 Å². The van der Waals surface area contributed by atoms with Crippen molar-refractivity contribution < 1.29 is 15.0 Å². The summed E-state index contributed by atoms with van der Waals surface area (Å²) in [6, 6.07) is -0.680. The quantitative estimate of drug-likeness (QED) is 0.474. The fraction of sp³-hybridized carbons (Fsp3) is 0.625. The molecular formula is C8H14N4O3. The molecule has 1 aromatic heterocycles. The Morgan fingerprint density at radius 2 is 2.20 bits per heavy atom. The first kappa shape index (κ1) is 11.6. The summed E-state index contributed by atoms with van der Waals surface area (Å²) in [6.45, 7) is 1.23. The van der Waals surface area contributed by atoms with Gasteiger partial charge in [0.15, 0.2) is 0 Å². The predicted molar refractivity (Wildman–Crippen MR) is 51.2 cm³/mol. The van der Waals surface area contributed by atoms with E-state index < -0.39 is 11.9 Å². The van der Waals surface area contributed by atoms with E-state index in [1.165, 1.54) is 0 Å². The third kappa shape index (κ3) is 3.00. The number of aryl methyl sites for hydroxylation is 1. The number of hydrogen-bond donors (Lipinski definition) is 4. The van der Waals surface area contributed by atoms with Crippen molar-refractivity contribution in [3.63, 3.8) is 0 Å². The van der Waals surface area contributed by atoms with Crippen LogP contribution in [-0.2, 0) is 6.42 Å². The van der Waals surface area contributed by atoms with E-state index in [4.69, 9.17) is 10.2 Å². The van der Waals surface area contributed by atoms with Crippen LogP contribution in [0, 0.1) is 0 Å². The molecule has 0 unspecified atom stereocenters. The number of aromatic amines is 1. The number of aliphatic hydroxyl groups excluding tert-OH is 2. The molecule has 15 heavy (non-hydrogen) atoms. The molecule has 1 heterocycles. The molecule has 1 amide bonds. The molecule has 0 saturated carbocycles. The number of amides is 1. The van der Waals surface area contributed by atoms with Crippen LogP contribution in [0.2, 0.25) is 0 Å². The highest BCUT2D eigenvalue weighted by molar-refractivity contribution is 5.90. The van der Waals surface area contributed by atoms with Crippen LogP contribution in [-0.4, -0.2) is 50.6 Å². The van der Waals surface area contributed by atoms with Crippen molar-refractivity contribution in [3.8, 4) is 0 Å². The van der Waals surface area contributed by atoms with Gasteiger partial charge in [-0.3, -0.25) is 9.89 Å². The number of aromatic nitrogens is 3. The maximum absolute atomic E-state index is 11.4. The third-order valence-electron chi connectivity index (χ3n) is 1.85. The maximum Gasteiger partial charge on any atom is 0.291 e. The fourth-order valence-corrected chi connectivity index (χ4v) is 0.954. The largest absolute Gasteiger partial charge is 0.394 e. The van der Waals surface area contributed by atoms with E-state index in [1.54, 1.807) is 0 Å². The second-order valence-electron chi connectivity index (χ2n) is 2.99. The standard InChI is InChI=1S/C8H14N4O3/c1-2-6-10-7(12-11-6)8(15)9-5(3-13)4-14/h5,13-14H,2-4H2,1H3,(H,9,15)(H,10,11,12). The number of carbonyl (C=O) groups excluding carboxylic acids is 1. The Balaban J connectivity index is 2.60. The van der Waals surface area contributed by atoms with Gasteiger partial charge in [-0.25, -0.2) is 4.98 Å². The van der Waals surface area contributed by atoms with Crippen molar-refractivity contribution in [2.75, 3.05) is 13.2 Å². The summed E-state index contributed by atoms with van der Waals surface area (Å²) >= 11 is 0. The third-order valence-corrected chi connectivity index (χ3v) is 1.85. The lowest BCUT2D eigenvalue weighted by molar-refractivity contribution is 0.0869. The van der Waals surface area contributed by atoms with Crippen LogP contribution in [0.5, 0.6) is 0 Å². The van der Waals surface area contributed by atoms with Gasteiger partial charge in [-0.05, 0) is 0 Å². The minimum absolute atomic E-state index is 0.0127. The molecule has 4 N–H and O–H groups in total. The second-order valence-corrected chi connectivity index (χ2v) is 2.99. The number of nitrogens with zero attached hydrogens (tertiary/aromatic N) is 2.